The largest absolute Gasteiger partial charge is 0.453 e. The molecule has 7 heteroatoms. The van der Waals surface area contributed by atoms with E-state index in [4.69, 9.17) is 0 Å². The number of hydrogen-bond acceptors (Lipinski definition) is 3. The summed E-state index contributed by atoms with van der Waals surface area (Å²) in [4.78, 5) is 3.27. The molecule has 1 aliphatic rings. The average Bonchev–Trinajstić information content (AvgIpc) is 2.67. The first-order valence-electron chi connectivity index (χ1n) is 4.76. The van der Waals surface area contributed by atoms with Gasteiger partial charge in [-0.15, -0.1) is 5.10 Å². The summed E-state index contributed by atoms with van der Waals surface area (Å²) in [5.41, 5.74) is 0. The van der Waals surface area contributed by atoms with Crippen LogP contribution >= 0.6 is 0 Å². The quantitative estimate of drug-likeness (QED) is 0.773. The summed E-state index contributed by atoms with van der Waals surface area (Å²) in [6.45, 7) is 1.62. The Kier molecular flexibility index (Phi) is 2.64. The van der Waals surface area contributed by atoms with Crippen LogP contribution in [0.1, 0.15) is 24.7 Å². The van der Waals surface area contributed by atoms with Gasteiger partial charge in [-0.1, -0.05) is 0 Å². The van der Waals surface area contributed by atoms with Gasteiger partial charge in [0.2, 0.25) is 0 Å². The van der Waals surface area contributed by atoms with Crippen LogP contribution in [0.15, 0.2) is 6.33 Å². The van der Waals surface area contributed by atoms with Gasteiger partial charge >= 0.3 is 6.18 Å². The van der Waals surface area contributed by atoms with Gasteiger partial charge in [0.05, 0.1) is 6.04 Å². The molecule has 0 radical (unpaired) electrons. The molecule has 0 atom stereocenters. The van der Waals surface area contributed by atoms with Crippen LogP contribution in [0, 0.1) is 0 Å². The minimum absolute atomic E-state index is 0.0369. The molecule has 84 valence electrons. The minimum atomic E-state index is -4.45. The van der Waals surface area contributed by atoms with Crippen molar-refractivity contribution in [1.82, 2.24) is 20.1 Å². The van der Waals surface area contributed by atoms with Gasteiger partial charge in [-0.3, -0.25) is 0 Å². The molecule has 1 aromatic heterocycles. The van der Waals surface area contributed by atoms with Crippen molar-refractivity contribution < 1.29 is 13.2 Å². The summed E-state index contributed by atoms with van der Waals surface area (Å²) < 4.78 is 38.0. The second-order valence-electron chi connectivity index (χ2n) is 3.53. The fraction of sp³-hybridized carbons (Fsp3) is 0.750. The molecule has 0 bridgehead atoms. The second kappa shape index (κ2) is 3.80. The van der Waals surface area contributed by atoms with Crippen molar-refractivity contribution in [2.75, 3.05) is 13.1 Å². The first-order chi connectivity index (χ1) is 7.07. The van der Waals surface area contributed by atoms with Gasteiger partial charge in [0.25, 0.3) is 5.82 Å². The van der Waals surface area contributed by atoms with Crippen LogP contribution in [0.5, 0.6) is 0 Å². The fourth-order valence-electron chi connectivity index (χ4n) is 1.65. The van der Waals surface area contributed by atoms with E-state index in [1.165, 1.54) is 11.0 Å². The van der Waals surface area contributed by atoms with E-state index in [0.29, 0.717) is 0 Å². The summed E-state index contributed by atoms with van der Waals surface area (Å²) >= 11 is 0. The minimum Gasteiger partial charge on any atom is -0.317 e. The van der Waals surface area contributed by atoms with Crippen LogP contribution in [-0.2, 0) is 6.18 Å². The predicted molar refractivity (Wildman–Crippen MR) is 46.2 cm³/mol. The number of hydrogen-bond donors (Lipinski definition) is 1. The molecule has 1 aliphatic heterocycles. The fourth-order valence-corrected chi connectivity index (χ4v) is 1.65. The maximum atomic E-state index is 12.2. The monoisotopic (exact) mass is 220 g/mol. The number of nitrogens with zero attached hydrogens (tertiary/aromatic N) is 3. The Morgan fingerprint density at radius 2 is 2.00 bits per heavy atom. The maximum absolute atomic E-state index is 12.2. The molecule has 0 spiro atoms. The van der Waals surface area contributed by atoms with Crippen molar-refractivity contribution in [2.24, 2.45) is 0 Å². The van der Waals surface area contributed by atoms with Crippen molar-refractivity contribution in [3.8, 4) is 0 Å². The third kappa shape index (κ3) is 2.28. The van der Waals surface area contributed by atoms with E-state index in [1.807, 2.05) is 0 Å². The molecule has 0 amide bonds. The Labute approximate surface area is 84.5 Å². The smallest absolute Gasteiger partial charge is 0.317 e. The predicted octanol–water partition coefficient (Wildman–Crippen LogP) is 1.22. The van der Waals surface area contributed by atoms with E-state index in [9.17, 15) is 13.2 Å². The summed E-state index contributed by atoms with van der Waals surface area (Å²) in [7, 11) is 0. The van der Waals surface area contributed by atoms with Gasteiger partial charge in [0.15, 0.2) is 0 Å². The molecule has 0 unspecified atom stereocenters. The lowest BCUT2D eigenvalue weighted by molar-refractivity contribution is -0.145. The third-order valence-electron chi connectivity index (χ3n) is 2.44. The zero-order chi connectivity index (χ0) is 10.9. The standard InChI is InChI=1S/C8H11F3N4/c9-8(10,11)7-13-5-15(14-7)6-1-3-12-4-2-6/h5-6,12H,1-4H2. The highest BCUT2D eigenvalue weighted by atomic mass is 19.4. The van der Waals surface area contributed by atoms with Crippen molar-refractivity contribution >= 4 is 0 Å². The van der Waals surface area contributed by atoms with Crippen molar-refractivity contribution in [3.05, 3.63) is 12.2 Å². The molecule has 1 saturated heterocycles. The summed E-state index contributed by atoms with van der Waals surface area (Å²) in [6, 6.07) is 0.0369. The van der Waals surface area contributed by atoms with E-state index in [1.54, 1.807) is 0 Å². The van der Waals surface area contributed by atoms with Crippen LogP contribution < -0.4 is 5.32 Å². The molecule has 2 rings (SSSR count). The molecule has 2 heterocycles. The number of halogens is 3. The lowest BCUT2D eigenvalue weighted by Gasteiger charge is -2.22. The van der Waals surface area contributed by atoms with E-state index in [2.05, 4.69) is 15.4 Å². The van der Waals surface area contributed by atoms with Gasteiger partial charge in [0, 0.05) is 0 Å². The summed E-state index contributed by atoms with van der Waals surface area (Å²) in [5.74, 6) is -1.05. The lowest BCUT2D eigenvalue weighted by Crippen LogP contribution is -2.29. The summed E-state index contributed by atoms with van der Waals surface area (Å²) in [6.07, 6.45) is -1.70. The van der Waals surface area contributed by atoms with Crippen LogP contribution in [-0.4, -0.2) is 27.9 Å². The highest BCUT2D eigenvalue weighted by Gasteiger charge is 2.36. The molecule has 1 N–H and O–H groups in total. The van der Waals surface area contributed by atoms with Gasteiger partial charge < -0.3 is 5.32 Å². The Balaban J connectivity index is 2.12. The number of rotatable bonds is 1. The van der Waals surface area contributed by atoms with Crippen LogP contribution in [0.4, 0.5) is 13.2 Å². The molecule has 0 saturated carbocycles. The zero-order valence-electron chi connectivity index (χ0n) is 7.96. The number of nitrogens with one attached hydrogen (secondary N) is 1. The van der Waals surface area contributed by atoms with E-state index in [-0.39, 0.29) is 6.04 Å². The van der Waals surface area contributed by atoms with E-state index < -0.39 is 12.0 Å². The number of alkyl halides is 3. The Morgan fingerprint density at radius 3 is 2.53 bits per heavy atom. The van der Waals surface area contributed by atoms with Gasteiger partial charge in [-0.25, -0.2) is 9.67 Å². The maximum Gasteiger partial charge on any atom is 0.453 e. The number of piperidine rings is 1. The molecule has 0 aliphatic carbocycles. The van der Waals surface area contributed by atoms with Crippen molar-refractivity contribution in [3.63, 3.8) is 0 Å². The van der Waals surface area contributed by atoms with Crippen LogP contribution in [0.2, 0.25) is 0 Å². The SMILES string of the molecule is FC(F)(F)c1ncn(C2CCNCC2)n1. The van der Waals surface area contributed by atoms with Gasteiger partial charge in [-0.05, 0) is 25.9 Å². The highest BCUT2D eigenvalue weighted by molar-refractivity contribution is 4.89. The Hall–Kier alpha value is -1.11. The normalized spacial score (nSPS) is 19.4. The van der Waals surface area contributed by atoms with Gasteiger partial charge in [0.1, 0.15) is 6.33 Å². The highest BCUT2D eigenvalue weighted by Crippen LogP contribution is 2.26. The second-order valence-corrected chi connectivity index (χ2v) is 3.53. The van der Waals surface area contributed by atoms with E-state index in [0.717, 1.165) is 25.9 Å². The number of aromatic nitrogens is 3. The molecule has 1 aromatic rings. The first kappa shape index (κ1) is 10.4. The average molecular weight is 220 g/mol. The molecular formula is C8H11F3N4. The molecule has 1 fully saturated rings. The molecule has 15 heavy (non-hydrogen) atoms. The molecule has 4 nitrogen and oxygen atoms in total. The lowest BCUT2D eigenvalue weighted by atomic mass is 10.1. The van der Waals surface area contributed by atoms with E-state index >= 15 is 0 Å². The third-order valence-corrected chi connectivity index (χ3v) is 2.44. The zero-order valence-corrected chi connectivity index (χ0v) is 7.96. The van der Waals surface area contributed by atoms with Crippen molar-refractivity contribution in [1.29, 1.82) is 0 Å². The topological polar surface area (TPSA) is 42.7 Å². The van der Waals surface area contributed by atoms with Crippen LogP contribution in [0.25, 0.3) is 0 Å². The first-order valence-corrected chi connectivity index (χ1v) is 4.76. The van der Waals surface area contributed by atoms with Crippen molar-refractivity contribution in [2.45, 2.75) is 25.1 Å². The molecular weight excluding hydrogens is 209 g/mol. The molecule has 0 aromatic carbocycles. The van der Waals surface area contributed by atoms with Gasteiger partial charge in [-0.2, -0.15) is 13.2 Å². The summed E-state index contributed by atoms with van der Waals surface area (Å²) in [5, 5.41) is 6.60. The van der Waals surface area contributed by atoms with Crippen LogP contribution in [0.3, 0.4) is 0 Å². The Morgan fingerprint density at radius 1 is 1.33 bits per heavy atom. The Bertz CT molecular complexity index is 327.